The van der Waals surface area contributed by atoms with Crippen molar-refractivity contribution < 1.29 is 17.9 Å². The molecule has 146 valence electrons. The van der Waals surface area contributed by atoms with E-state index in [1.54, 1.807) is 4.68 Å². The quantitative estimate of drug-likeness (QED) is 0.840. The number of piperidine rings is 1. The molecule has 2 aromatic rings. The molecule has 0 bridgehead atoms. The van der Waals surface area contributed by atoms with Crippen LogP contribution in [0.3, 0.4) is 0 Å². The third-order valence-electron chi connectivity index (χ3n) is 5.92. The highest BCUT2D eigenvalue weighted by Crippen LogP contribution is 2.53. The summed E-state index contributed by atoms with van der Waals surface area (Å²) in [4.78, 5) is 0.247. The molecule has 1 aliphatic carbocycles. The van der Waals surface area contributed by atoms with E-state index < -0.39 is 16.7 Å². The predicted molar refractivity (Wildman–Crippen MR) is 93.3 cm³/mol. The number of aryl methyl sites for hydroxylation is 1. The second kappa shape index (κ2) is 6.02. The first-order valence-corrected chi connectivity index (χ1v) is 10.1. The molecule has 27 heavy (non-hydrogen) atoms. The Morgan fingerprint density at radius 1 is 1.33 bits per heavy atom. The van der Waals surface area contributed by atoms with Gasteiger partial charge in [-0.2, -0.15) is 13.2 Å². The number of thiophene rings is 1. The number of fused-ring (bicyclic) bond motifs is 2. The van der Waals surface area contributed by atoms with Crippen LogP contribution in [0.1, 0.15) is 52.7 Å². The lowest BCUT2D eigenvalue weighted by molar-refractivity contribution is -0.134. The minimum Gasteiger partial charge on any atom is -0.369 e. The molecule has 9 heteroatoms. The zero-order valence-corrected chi connectivity index (χ0v) is 15.7. The smallest absolute Gasteiger partial charge is 0.369 e. The molecule has 3 atom stereocenters. The predicted octanol–water partition coefficient (Wildman–Crippen LogP) is 3.57. The lowest BCUT2D eigenvalue weighted by Crippen LogP contribution is -2.51. The van der Waals surface area contributed by atoms with Gasteiger partial charge in [-0.25, -0.2) is 0 Å². The number of alkyl halides is 3. The van der Waals surface area contributed by atoms with Gasteiger partial charge < -0.3 is 10.1 Å². The summed E-state index contributed by atoms with van der Waals surface area (Å²) in [7, 11) is 1.82. The Kier molecular flexibility index (Phi) is 3.93. The van der Waals surface area contributed by atoms with E-state index in [-0.39, 0.29) is 12.1 Å². The third-order valence-corrected chi connectivity index (χ3v) is 7.33. The van der Waals surface area contributed by atoms with Crippen LogP contribution >= 0.6 is 11.3 Å². The molecular weight excluding hydrogens is 377 g/mol. The van der Waals surface area contributed by atoms with E-state index in [4.69, 9.17) is 4.74 Å². The molecule has 2 aromatic heterocycles. The Hall–Kier alpha value is -1.45. The van der Waals surface area contributed by atoms with E-state index in [9.17, 15) is 13.2 Å². The van der Waals surface area contributed by atoms with E-state index in [2.05, 4.69) is 15.6 Å². The molecule has 5 rings (SSSR count). The van der Waals surface area contributed by atoms with Crippen LogP contribution in [-0.2, 0) is 30.0 Å². The van der Waals surface area contributed by atoms with Gasteiger partial charge in [0.2, 0.25) is 0 Å². The molecule has 3 aliphatic rings. The molecule has 0 aromatic carbocycles. The minimum absolute atomic E-state index is 0.0690. The lowest BCUT2D eigenvalue weighted by atomic mass is 9.77. The minimum atomic E-state index is -4.31. The summed E-state index contributed by atoms with van der Waals surface area (Å²) in [5.74, 6) is 0.567. The van der Waals surface area contributed by atoms with E-state index in [1.807, 2.05) is 13.2 Å². The summed E-state index contributed by atoms with van der Waals surface area (Å²) in [5, 5.41) is 12.0. The van der Waals surface area contributed by atoms with Crippen molar-refractivity contribution in [1.29, 1.82) is 0 Å². The van der Waals surface area contributed by atoms with Gasteiger partial charge in [0.25, 0.3) is 0 Å². The Balaban J connectivity index is 1.55. The van der Waals surface area contributed by atoms with Crippen molar-refractivity contribution in [2.45, 2.75) is 56.0 Å². The fourth-order valence-electron chi connectivity index (χ4n) is 4.53. The lowest BCUT2D eigenvalue weighted by Gasteiger charge is -2.46. The second-order valence-corrected chi connectivity index (χ2v) is 9.00. The van der Waals surface area contributed by atoms with Crippen LogP contribution in [0.15, 0.2) is 12.3 Å². The van der Waals surface area contributed by atoms with Crippen molar-refractivity contribution in [1.82, 2.24) is 20.3 Å². The maximum atomic E-state index is 13.3. The van der Waals surface area contributed by atoms with E-state index in [1.165, 1.54) is 6.07 Å². The number of aromatic nitrogens is 3. The number of hydrogen-bond donors (Lipinski definition) is 1. The van der Waals surface area contributed by atoms with E-state index in [0.29, 0.717) is 25.4 Å². The molecule has 1 saturated carbocycles. The van der Waals surface area contributed by atoms with Gasteiger partial charge in [-0.1, -0.05) is 5.21 Å². The molecular formula is C18H21F3N4OS. The van der Waals surface area contributed by atoms with Gasteiger partial charge in [-0.05, 0) is 43.2 Å². The fraction of sp³-hybridized carbons (Fsp3) is 0.667. The molecule has 0 amide bonds. The van der Waals surface area contributed by atoms with Gasteiger partial charge in [0, 0.05) is 30.6 Å². The summed E-state index contributed by atoms with van der Waals surface area (Å²) in [6.45, 7) is 0.464. The van der Waals surface area contributed by atoms with Gasteiger partial charge >= 0.3 is 6.18 Å². The number of ether oxygens (including phenoxy) is 1. The van der Waals surface area contributed by atoms with Gasteiger partial charge in [0.05, 0.1) is 18.3 Å². The number of halogens is 3. The molecule has 4 heterocycles. The number of hydrogen-bond acceptors (Lipinski definition) is 5. The molecule has 2 aliphatic heterocycles. The average Bonchev–Trinajstić information content (AvgIpc) is 3.20. The summed E-state index contributed by atoms with van der Waals surface area (Å²) in [5.41, 5.74) is 0.959. The first-order valence-electron chi connectivity index (χ1n) is 9.31. The van der Waals surface area contributed by atoms with Crippen LogP contribution in [0.2, 0.25) is 0 Å². The van der Waals surface area contributed by atoms with Crippen molar-refractivity contribution in [2.75, 3.05) is 6.61 Å². The van der Waals surface area contributed by atoms with Crippen LogP contribution in [0.25, 0.3) is 0 Å². The van der Waals surface area contributed by atoms with Crippen molar-refractivity contribution >= 4 is 11.3 Å². The van der Waals surface area contributed by atoms with Crippen molar-refractivity contribution in [3.8, 4) is 0 Å². The largest absolute Gasteiger partial charge is 0.425 e. The highest BCUT2D eigenvalue weighted by atomic mass is 32.1. The monoisotopic (exact) mass is 398 g/mol. The van der Waals surface area contributed by atoms with Gasteiger partial charge in [-0.15, -0.1) is 16.4 Å². The highest BCUT2D eigenvalue weighted by molar-refractivity contribution is 7.12. The zero-order valence-electron chi connectivity index (χ0n) is 14.9. The van der Waals surface area contributed by atoms with Crippen LogP contribution in [0.4, 0.5) is 13.2 Å². The first-order chi connectivity index (χ1) is 12.8. The Morgan fingerprint density at radius 2 is 2.15 bits per heavy atom. The molecule has 2 fully saturated rings. The van der Waals surface area contributed by atoms with Crippen molar-refractivity contribution in [3.63, 3.8) is 0 Å². The van der Waals surface area contributed by atoms with Crippen LogP contribution in [0.5, 0.6) is 0 Å². The SMILES string of the molecule is Cn1cc([C@@H]2C[C@]3(CC(C4CC4)N2)OCCc2cc(C(F)(F)F)sc23)nn1. The van der Waals surface area contributed by atoms with E-state index >= 15 is 0 Å². The first kappa shape index (κ1) is 17.6. The van der Waals surface area contributed by atoms with Gasteiger partial charge in [-0.3, -0.25) is 4.68 Å². The highest BCUT2D eigenvalue weighted by Gasteiger charge is 2.51. The Bertz CT molecular complexity index is 859. The summed E-state index contributed by atoms with van der Waals surface area (Å²) in [6, 6.07) is 1.49. The molecule has 1 unspecified atom stereocenters. The summed E-state index contributed by atoms with van der Waals surface area (Å²) < 4.78 is 47.9. The van der Waals surface area contributed by atoms with Crippen molar-refractivity contribution in [3.05, 3.63) is 33.3 Å². The maximum Gasteiger partial charge on any atom is 0.425 e. The molecule has 5 nitrogen and oxygen atoms in total. The summed E-state index contributed by atoms with van der Waals surface area (Å²) in [6.07, 6.45) is 1.73. The van der Waals surface area contributed by atoms with Gasteiger partial charge in [0.15, 0.2) is 0 Å². The molecule has 1 saturated heterocycles. The number of rotatable bonds is 2. The Morgan fingerprint density at radius 3 is 2.81 bits per heavy atom. The molecule has 1 spiro atoms. The number of nitrogens with one attached hydrogen (secondary N) is 1. The maximum absolute atomic E-state index is 13.3. The summed E-state index contributed by atoms with van der Waals surface area (Å²) >= 11 is 0.865. The van der Waals surface area contributed by atoms with Crippen LogP contribution < -0.4 is 5.32 Å². The van der Waals surface area contributed by atoms with Crippen LogP contribution in [-0.4, -0.2) is 27.6 Å². The zero-order chi connectivity index (χ0) is 18.8. The van der Waals surface area contributed by atoms with Crippen molar-refractivity contribution in [2.24, 2.45) is 13.0 Å². The topological polar surface area (TPSA) is 52.0 Å². The average molecular weight is 398 g/mol. The fourth-order valence-corrected chi connectivity index (χ4v) is 5.77. The molecule has 0 radical (unpaired) electrons. The van der Waals surface area contributed by atoms with E-state index in [0.717, 1.165) is 46.7 Å². The standard InChI is InChI=1S/C18H21F3N4OS/c1-25-9-14(23-24-25)13-8-17(7-12(22-13)10-2-3-10)16-11(4-5-26-17)6-15(27-16)18(19,20)21/h6,9-10,12-13,22H,2-5,7-8H2,1H3/t12?,13-,17-/m0/s1. The second-order valence-electron chi connectivity index (χ2n) is 7.94. The van der Waals surface area contributed by atoms with Gasteiger partial charge in [0.1, 0.15) is 10.5 Å². The normalized spacial score (nSPS) is 31.3. The van der Waals surface area contributed by atoms with Crippen LogP contribution in [0, 0.1) is 5.92 Å². The third kappa shape index (κ3) is 3.09. The Labute approximate surface area is 158 Å². The molecule has 1 N–H and O–H groups in total. The number of nitrogens with zero attached hydrogens (tertiary/aromatic N) is 3.